The third kappa shape index (κ3) is 2.40. The largest absolute Gasteiger partial charge is 0.294 e. The van der Waals surface area contributed by atoms with E-state index in [1.165, 1.54) is 16.7 Å². The van der Waals surface area contributed by atoms with E-state index < -0.39 is 0 Å². The highest BCUT2D eigenvalue weighted by molar-refractivity contribution is 5.98. The van der Waals surface area contributed by atoms with Crippen LogP contribution in [0.1, 0.15) is 46.8 Å². The molecule has 1 aliphatic carbocycles. The molecule has 3 rings (SSSR count). The first kappa shape index (κ1) is 13.1. The van der Waals surface area contributed by atoms with E-state index in [4.69, 9.17) is 0 Å². The second-order valence-electron chi connectivity index (χ2n) is 6.01. The van der Waals surface area contributed by atoms with E-state index in [1.807, 2.05) is 12.1 Å². The van der Waals surface area contributed by atoms with E-state index in [2.05, 4.69) is 50.2 Å². The van der Waals surface area contributed by atoms with E-state index in [9.17, 15) is 4.79 Å². The maximum Gasteiger partial charge on any atom is 0.166 e. The molecule has 1 nitrogen and oxygen atoms in total. The Balaban J connectivity index is 1.78. The summed E-state index contributed by atoms with van der Waals surface area (Å²) in [6.45, 7) is 4.34. The van der Waals surface area contributed by atoms with Crippen LogP contribution in [0.2, 0.25) is 0 Å². The molecule has 1 heteroatoms. The van der Waals surface area contributed by atoms with Gasteiger partial charge in [0.2, 0.25) is 0 Å². The molecular formula is C19H20O. The summed E-state index contributed by atoms with van der Waals surface area (Å²) in [6.07, 6.45) is 1.78. The minimum Gasteiger partial charge on any atom is -0.294 e. The molecule has 2 aromatic carbocycles. The maximum absolute atomic E-state index is 12.6. The molecular weight excluding hydrogens is 244 g/mol. The molecule has 0 spiro atoms. The van der Waals surface area contributed by atoms with Crippen molar-refractivity contribution in [3.05, 3.63) is 70.8 Å². The summed E-state index contributed by atoms with van der Waals surface area (Å²) in [5.41, 5.74) is 4.82. The Morgan fingerprint density at radius 1 is 0.950 bits per heavy atom. The van der Waals surface area contributed by atoms with Crippen molar-refractivity contribution in [3.63, 3.8) is 0 Å². The highest BCUT2D eigenvalue weighted by Gasteiger charge is 2.27. The molecule has 0 saturated heterocycles. The average molecular weight is 264 g/mol. The Bertz CT molecular complexity index is 597. The van der Waals surface area contributed by atoms with Crippen molar-refractivity contribution in [1.29, 1.82) is 0 Å². The van der Waals surface area contributed by atoms with E-state index in [-0.39, 0.29) is 11.7 Å². The number of Topliss-reactive ketones (excluding diaryl/α,β-unsaturated/α-hetero) is 1. The van der Waals surface area contributed by atoms with Crippen molar-refractivity contribution in [2.24, 2.45) is 5.92 Å². The van der Waals surface area contributed by atoms with Crippen LogP contribution in [0.25, 0.3) is 0 Å². The Morgan fingerprint density at radius 3 is 2.00 bits per heavy atom. The fourth-order valence-corrected chi connectivity index (χ4v) is 3.01. The number of fused-ring (bicyclic) bond motifs is 1. The van der Waals surface area contributed by atoms with Gasteiger partial charge in [-0.15, -0.1) is 0 Å². The summed E-state index contributed by atoms with van der Waals surface area (Å²) >= 11 is 0. The second-order valence-corrected chi connectivity index (χ2v) is 6.01. The summed E-state index contributed by atoms with van der Waals surface area (Å²) in [6, 6.07) is 16.5. The maximum atomic E-state index is 12.6. The van der Waals surface area contributed by atoms with Crippen LogP contribution in [0.15, 0.2) is 48.5 Å². The second kappa shape index (κ2) is 5.24. The van der Waals surface area contributed by atoms with Crippen LogP contribution < -0.4 is 0 Å². The normalized spacial score (nSPS) is 14.6. The zero-order chi connectivity index (χ0) is 14.1. The van der Waals surface area contributed by atoms with Crippen LogP contribution in [-0.4, -0.2) is 5.78 Å². The number of hydrogen-bond donors (Lipinski definition) is 0. The molecule has 0 atom stereocenters. The van der Waals surface area contributed by atoms with Crippen LogP contribution in [-0.2, 0) is 12.8 Å². The van der Waals surface area contributed by atoms with Gasteiger partial charge >= 0.3 is 0 Å². The third-order valence-electron chi connectivity index (χ3n) is 4.28. The first-order chi connectivity index (χ1) is 9.65. The van der Waals surface area contributed by atoms with Gasteiger partial charge in [0.25, 0.3) is 0 Å². The van der Waals surface area contributed by atoms with E-state index in [0.717, 1.165) is 18.4 Å². The highest BCUT2D eigenvalue weighted by Crippen LogP contribution is 2.29. The quantitative estimate of drug-likeness (QED) is 0.751. The number of carbonyl (C=O) groups excluding carboxylic acids is 1. The lowest BCUT2D eigenvalue weighted by molar-refractivity contribution is 0.0924. The van der Waals surface area contributed by atoms with Crippen LogP contribution in [0, 0.1) is 5.92 Å². The smallest absolute Gasteiger partial charge is 0.166 e. The number of carbonyl (C=O) groups is 1. The molecule has 0 fully saturated rings. The van der Waals surface area contributed by atoms with Crippen molar-refractivity contribution < 1.29 is 4.79 Å². The molecule has 2 aromatic rings. The predicted molar refractivity (Wildman–Crippen MR) is 82.2 cm³/mol. The minimum atomic E-state index is 0.122. The van der Waals surface area contributed by atoms with Crippen LogP contribution in [0.3, 0.4) is 0 Å². The summed E-state index contributed by atoms with van der Waals surface area (Å²) in [5, 5.41) is 0. The minimum absolute atomic E-state index is 0.122. The molecule has 1 aliphatic rings. The van der Waals surface area contributed by atoms with Crippen LogP contribution >= 0.6 is 0 Å². The van der Waals surface area contributed by atoms with Gasteiger partial charge < -0.3 is 0 Å². The summed E-state index contributed by atoms with van der Waals surface area (Å²) in [7, 11) is 0. The Kier molecular flexibility index (Phi) is 3.43. The van der Waals surface area contributed by atoms with Crippen molar-refractivity contribution in [2.75, 3.05) is 0 Å². The number of ketones is 1. The summed E-state index contributed by atoms with van der Waals surface area (Å²) in [4.78, 5) is 12.6. The van der Waals surface area contributed by atoms with Gasteiger partial charge in [-0.1, -0.05) is 62.4 Å². The lowest BCUT2D eigenvalue weighted by Gasteiger charge is -2.10. The van der Waals surface area contributed by atoms with Gasteiger partial charge in [-0.2, -0.15) is 0 Å². The molecule has 0 unspecified atom stereocenters. The predicted octanol–water partition coefficient (Wildman–Crippen LogP) is 4.41. The third-order valence-corrected chi connectivity index (χ3v) is 4.28. The van der Waals surface area contributed by atoms with Crippen molar-refractivity contribution >= 4 is 5.78 Å². The lowest BCUT2D eigenvalue weighted by atomic mass is 9.93. The monoisotopic (exact) mass is 264 g/mol. The van der Waals surface area contributed by atoms with Gasteiger partial charge in [0, 0.05) is 11.5 Å². The van der Waals surface area contributed by atoms with Gasteiger partial charge in [-0.25, -0.2) is 0 Å². The van der Waals surface area contributed by atoms with Crippen molar-refractivity contribution in [2.45, 2.75) is 32.6 Å². The standard InChI is InChI=1S/C19H20O/c1-13(2)14-7-9-15(10-8-14)19(20)18-11-16-5-3-4-6-17(16)12-18/h3-10,13,18H,11-12H2,1-2H3. The van der Waals surface area contributed by atoms with Gasteiger partial charge in [-0.3, -0.25) is 4.79 Å². The lowest BCUT2D eigenvalue weighted by Crippen LogP contribution is -2.15. The average Bonchev–Trinajstić information content (AvgIpc) is 2.90. The number of rotatable bonds is 3. The molecule has 0 heterocycles. The first-order valence-electron chi connectivity index (χ1n) is 7.36. The Morgan fingerprint density at radius 2 is 1.50 bits per heavy atom. The molecule has 0 saturated carbocycles. The van der Waals surface area contributed by atoms with Crippen molar-refractivity contribution in [1.82, 2.24) is 0 Å². The molecule has 0 aliphatic heterocycles. The Labute approximate surface area is 120 Å². The summed E-state index contributed by atoms with van der Waals surface area (Å²) in [5.74, 6) is 0.920. The zero-order valence-electron chi connectivity index (χ0n) is 12.1. The fourth-order valence-electron chi connectivity index (χ4n) is 3.01. The summed E-state index contributed by atoms with van der Waals surface area (Å²) < 4.78 is 0. The van der Waals surface area contributed by atoms with Gasteiger partial charge in [-0.05, 0) is 35.4 Å². The van der Waals surface area contributed by atoms with E-state index >= 15 is 0 Å². The molecule has 102 valence electrons. The first-order valence-corrected chi connectivity index (χ1v) is 7.36. The molecule has 0 radical (unpaired) electrons. The van der Waals surface area contributed by atoms with Crippen LogP contribution in [0.5, 0.6) is 0 Å². The van der Waals surface area contributed by atoms with E-state index in [0.29, 0.717) is 5.92 Å². The zero-order valence-corrected chi connectivity index (χ0v) is 12.1. The highest BCUT2D eigenvalue weighted by atomic mass is 16.1. The Hall–Kier alpha value is -1.89. The van der Waals surface area contributed by atoms with Crippen molar-refractivity contribution in [3.8, 4) is 0 Å². The van der Waals surface area contributed by atoms with Gasteiger partial charge in [0.05, 0.1) is 0 Å². The molecule has 0 N–H and O–H groups in total. The van der Waals surface area contributed by atoms with Gasteiger partial charge in [0.15, 0.2) is 5.78 Å². The van der Waals surface area contributed by atoms with Crippen LogP contribution in [0.4, 0.5) is 0 Å². The molecule has 0 bridgehead atoms. The number of hydrogen-bond acceptors (Lipinski definition) is 1. The topological polar surface area (TPSA) is 17.1 Å². The SMILES string of the molecule is CC(C)c1ccc(C(=O)C2Cc3ccccc3C2)cc1. The molecule has 0 amide bonds. The van der Waals surface area contributed by atoms with Gasteiger partial charge in [0.1, 0.15) is 0 Å². The number of benzene rings is 2. The fraction of sp³-hybridized carbons (Fsp3) is 0.316. The molecule has 20 heavy (non-hydrogen) atoms. The van der Waals surface area contributed by atoms with E-state index in [1.54, 1.807) is 0 Å². The molecule has 0 aromatic heterocycles.